The van der Waals surface area contributed by atoms with Gasteiger partial charge in [-0.2, -0.15) is 0 Å². The molecule has 0 radical (unpaired) electrons. The third-order valence-corrected chi connectivity index (χ3v) is 4.46. The number of benzene rings is 1. The Morgan fingerprint density at radius 2 is 1.90 bits per heavy atom. The van der Waals surface area contributed by atoms with E-state index in [-0.39, 0.29) is 29.6 Å². The molecule has 1 aliphatic rings. The van der Waals surface area contributed by atoms with Crippen molar-refractivity contribution >= 4 is 5.97 Å². The summed E-state index contributed by atoms with van der Waals surface area (Å²) in [5.41, 5.74) is 0.199. The maximum absolute atomic E-state index is 11.1. The van der Waals surface area contributed by atoms with Gasteiger partial charge in [0.15, 0.2) is 0 Å². The van der Waals surface area contributed by atoms with Crippen LogP contribution in [-0.4, -0.2) is 16.7 Å². The maximum Gasteiger partial charge on any atom is 1.00 e. The van der Waals surface area contributed by atoms with E-state index in [2.05, 4.69) is 12.1 Å². The number of rotatable bonds is 4. The fourth-order valence-corrected chi connectivity index (χ4v) is 3.29. The van der Waals surface area contributed by atoms with Gasteiger partial charge in [-0.1, -0.05) is 37.3 Å². The van der Waals surface area contributed by atoms with Gasteiger partial charge >= 0.3 is 29.6 Å². The second kappa shape index (κ2) is 7.60. The first-order valence-corrected chi connectivity index (χ1v) is 7.05. The molecular formula is C16H21NaO3. The summed E-state index contributed by atoms with van der Waals surface area (Å²) in [6.45, 7) is 1.79. The summed E-state index contributed by atoms with van der Waals surface area (Å²) < 4.78 is 0. The van der Waals surface area contributed by atoms with Crippen molar-refractivity contribution in [3.8, 4) is 0 Å². The molecule has 3 nitrogen and oxygen atoms in total. The monoisotopic (exact) mass is 284 g/mol. The molecule has 0 aliphatic heterocycles. The molecular weight excluding hydrogens is 263 g/mol. The second-order valence-electron chi connectivity index (χ2n) is 5.57. The molecule has 0 amide bonds. The Morgan fingerprint density at radius 1 is 1.35 bits per heavy atom. The van der Waals surface area contributed by atoms with E-state index in [9.17, 15) is 15.0 Å². The molecule has 1 aromatic rings. The van der Waals surface area contributed by atoms with Gasteiger partial charge in [0.1, 0.15) is 0 Å². The van der Waals surface area contributed by atoms with Crippen molar-refractivity contribution in [1.82, 2.24) is 0 Å². The average molecular weight is 284 g/mol. The Kier molecular flexibility index (Phi) is 6.73. The van der Waals surface area contributed by atoms with Crippen LogP contribution in [0.2, 0.25) is 0 Å². The zero-order chi connectivity index (χ0) is 13.9. The standard InChI is InChI=1S/C16H22O3.Na/c1-2-14(15(17)18)16(19)10-8-13(9-11-16)12-6-4-3-5-7-12;/h3-7,13-14,19H,2,8-11H2,1H3,(H,17,18);/q;+1/p-1. The first-order valence-electron chi connectivity index (χ1n) is 7.05. The van der Waals surface area contributed by atoms with E-state index in [4.69, 9.17) is 0 Å². The summed E-state index contributed by atoms with van der Waals surface area (Å²) in [6.07, 6.45) is 3.18. The van der Waals surface area contributed by atoms with E-state index in [1.54, 1.807) is 6.92 Å². The van der Waals surface area contributed by atoms with Gasteiger partial charge in [0.2, 0.25) is 0 Å². The molecule has 0 aromatic heterocycles. The van der Waals surface area contributed by atoms with E-state index < -0.39 is 17.5 Å². The fourth-order valence-electron chi connectivity index (χ4n) is 3.29. The van der Waals surface area contributed by atoms with E-state index in [1.807, 2.05) is 18.2 Å². The summed E-state index contributed by atoms with van der Waals surface area (Å²) >= 11 is 0. The predicted molar refractivity (Wildman–Crippen MR) is 71.4 cm³/mol. The van der Waals surface area contributed by atoms with Crippen LogP contribution in [0, 0.1) is 5.92 Å². The van der Waals surface area contributed by atoms with Crippen LogP contribution in [-0.2, 0) is 4.79 Å². The quantitative estimate of drug-likeness (QED) is 0.711. The summed E-state index contributed by atoms with van der Waals surface area (Å²) in [7, 11) is 0. The molecule has 4 heteroatoms. The smallest absolute Gasteiger partial charge is 0.550 e. The van der Waals surface area contributed by atoms with E-state index in [0.717, 1.165) is 12.8 Å². The minimum Gasteiger partial charge on any atom is -0.550 e. The largest absolute Gasteiger partial charge is 1.00 e. The topological polar surface area (TPSA) is 60.4 Å². The van der Waals surface area contributed by atoms with Crippen LogP contribution in [0.4, 0.5) is 0 Å². The van der Waals surface area contributed by atoms with Crippen LogP contribution >= 0.6 is 0 Å². The summed E-state index contributed by atoms with van der Waals surface area (Å²) in [4.78, 5) is 11.1. The van der Waals surface area contributed by atoms with Crippen molar-refractivity contribution in [3.63, 3.8) is 0 Å². The Morgan fingerprint density at radius 3 is 2.35 bits per heavy atom. The van der Waals surface area contributed by atoms with Gasteiger partial charge < -0.3 is 15.0 Å². The molecule has 1 unspecified atom stereocenters. The number of carboxylic acid groups (broad SMARTS) is 1. The Labute approximate surface area is 142 Å². The Balaban J connectivity index is 0.00000200. The van der Waals surface area contributed by atoms with Crippen molar-refractivity contribution in [2.24, 2.45) is 5.92 Å². The summed E-state index contributed by atoms with van der Waals surface area (Å²) in [5, 5.41) is 21.7. The van der Waals surface area contributed by atoms with Gasteiger partial charge in [-0.3, -0.25) is 0 Å². The summed E-state index contributed by atoms with van der Waals surface area (Å²) in [5.74, 6) is -1.44. The van der Waals surface area contributed by atoms with Crippen molar-refractivity contribution < 1.29 is 44.6 Å². The zero-order valence-electron chi connectivity index (χ0n) is 12.3. The Hall–Kier alpha value is -0.350. The van der Waals surface area contributed by atoms with Gasteiger partial charge in [-0.25, -0.2) is 0 Å². The van der Waals surface area contributed by atoms with Crippen LogP contribution in [0.3, 0.4) is 0 Å². The molecule has 104 valence electrons. The third kappa shape index (κ3) is 3.85. The molecule has 0 bridgehead atoms. The van der Waals surface area contributed by atoms with Gasteiger partial charge in [0, 0.05) is 11.9 Å². The number of aliphatic hydroxyl groups is 1. The third-order valence-electron chi connectivity index (χ3n) is 4.46. The van der Waals surface area contributed by atoms with Crippen LogP contribution < -0.4 is 34.7 Å². The molecule has 0 heterocycles. The van der Waals surface area contributed by atoms with Crippen LogP contribution in [0.25, 0.3) is 0 Å². The van der Waals surface area contributed by atoms with Crippen molar-refractivity contribution in [1.29, 1.82) is 0 Å². The summed E-state index contributed by atoms with van der Waals surface area (Å²) in [6, 6.07) is 10.2. The number of carboxylic acids is 1. The molecule has 1 atom stereocenters. The number of carbonyl (C=O) groups is 1. The molecule has 1 fully saturated rings. The predicted octanol–water partition coefficient (Wildman–Crippen LogP) is -1.14. The van der Waals surface area contributed by atoms with Gasteiger partial charge in [-0.05, 0) is 43.6 Å². The van der Waals surface area contributed by atoms with Crippen LogP contribution in [0.5, 0.6) is 0 Å². The normalized spacial score (nSPS) is 27.4. The average Bonchev–Trinajstić information content (AvgIpc) is 2.40. The second-order valence-corrected chi connectivity index (χ2v) is 5.57. The van der Waals surface area contributed by atoms with E-state index >= 15 is 0 Å². The number of aliphatic carboxylic acids is 1. The molecule has 1 N–H and O–H groups in total. The zero-order valence-corrected chi connectivity index (χ0v) is 14.3. The number of hydrogen-bond donors (Lipinski definition) is 1. The minimum atomic E-state index is -1.12. The van der Waals surface area contributed by atoms with E-state index in [0.29, 0.717) is 25.2 Å². The molecule has 1 saturated carbocycles. The van der Waals surface area contributed by atoms with Crippen LogP contribution in [0.15, 0.2) is 30.3 Å². The van der Waals surface area contributed by atoms with Gasteiger partial charge in [0.25, 0.3) is 0 Å². The van der Waals surface area contributed by atoms with Crippen LogP contribution in [0.1, 0.15) is 50.5 Å². The fraction of sp³-hybridized carbons (Fsp3) is 0.562. The SMILES string of the molecule is CCC(C(=O)[O-])C1(O)CCC(c2ccccc2)CC1.[Na+]. The molecule has 0 saturated heterocycles. The van der Waals surface area contributed by atoms with Crippen molar-refractivity contribution in [2.45, 2.75) is 50.5 Å². The molecule has 1 aliphatic carbocycles. The number of hydrogen-bond acceptors (Lipinski definition) is 3. The maximum atomic E-state index is 11.1. The first-order chi connectivity index (χ1) is 9.07. The first kappa shape index (κ1) is 17.7. The van der Waals surface area contributed by atoms with Gasteiger partial charge in [0.05, 0.1) is 5.60 Å². The Bertz CT molecular complexity index is 425. The van der Waals surface area contributed by atoms with Gasteiger partial charge in [-0.15, -0.1) is 0 Å². The molecule has 0 spiro atoms. The van der Waals surface area contributed by atoms with Crippen molar-refractivity contribution in [2.75, 3.05) is 0 Å². The number of carbonyl (C=O) groups excluding carboxylic acids is 1. The van der Waals surface area contributed by atoms with E-state index in [1.165, 1.54) is 5.56 Å². The molecule has 1 aromatic carbocycles. The van der Waals surface area contributed by atoms with Crippen molar-refractivity contribution in [3.05, 3.63) is 35.9 Å². The molecule has 20 heavy (non-hydrogen) atoms. The molecule has 2 rings (SSSR count). The minimum absolute atomic E-state index is 0.